The largest absolute Gasteiger partial charge is 0.496 e. The first kappa shape index (κ1) is 15.7. The minimum Gasteiger partial charge on any atom is -0.496 e. The molecule has 1 atom stereocenters. The smallest absolute Gasteiger partial charge is 0.259 e. The van der Waals surface area contributed by atoms with Crippen LogP contribution >= 0.6 is 0 Å². The molecule has 4 rings (SSSR count). The summed E-state index contributed by atoms with van der Waals surface area (Å²) in [6, 6.07) is 12.9. The first-order valence-electron chi connectivity index (χ1n) is 8.54. The topological polar surface area (TPSA) is 67.4 Å². The number of rotatable bonds is 4. The SMILES string of the molecule is COc1ccccc1C(=O)Nc1ccc2c(c1)NC(=O)CC2C1CC1. The predicted molar refractivity (Wildman–Crippen MR) is 96.1 cm³/mol. The number of benzene rings is 2. The van der Waals surface area contributed by atoms with E-state index in [1.165, 1.54) is 18.4 Å². The summed E-state index contributed by atoms with van der Waals surface area (Å²) in [7, 11) is 1.54. The van der Waals surface area contributed by atoms with Gasteiger partial charge in [-0.1, -0.05) is 18.2 Å². The van der Waals surface area contributed by atoms with Crippen LogP contribution in [0.1, 0.15) is 41.1 Å². The molecular weight excluding hydrogens is 316 g/mol. The van der Waals surface area contributed by atoms with Crippen molar-refractivity contribution in [2.75, 3.05) is 17.7 Å². The first-order valence-corrected chi connectivity index (χ1v) is 8.54. The maximum Gasteiger partial charge on any atom is 0.259 e. The van der Waals surface area contributed by atoms with Crippen LogP contribution < -0.4 is 15.4 Å². The second kappa shape index (κ2) is 6.24. The Kier molecular flexibility index (Phi) is 3.92. The number of fused-ring (bicyclic) bond motifs is 1. The monoisotopic (exact) mass is 336 g/mol. The van der Waals surface area contributed by atoms with Gasteiger partial charge in [0, 0.05) is 17.8 Å². The number of methoxy groups -OCH3 is 1. The molecule has 1 aliphatic carbocycles. The van der Waals surface area contributed by atoms with Crippen LogP contribution in [0, 0.1) is 5.92 Å². The molecule has 1 saturated carbocycles. The minimum absolute atomic E-state index is 0.0533. The van der Waals surface area contributed by atoms with Crippen molar-refractivity contribution in [1.82, 2.24) is 0 Å². The van der Waals surface area contributed by atoms with Crippen molar-refractivity contribution in [3.05, 3.63) is 53.6 Å². The van der Waals surface area contributed by atoms with E-state index < -0.39 is 0 Å². The van der Waals surface area contributed by atoms with Gasteiger partial charge in [0.1, 0.15) is 5.75 Å². The standard InChI is InChI=1S/C20H20N2O3/c1-25-18-5-3-2-4-15(18)20(24)21-13-8-9-14-16(12-6-7-12)11-19(23)22-17(14)10-13/h2-5,8-10,12,16H,6-7,11H2,1H3,(H,21,24)(H,22,23). The molecule has 2 amide bonds. The molecule has 2 N–H and O–H groups in total. The Hall–Kier alpha value is -2.82. The molecule has 0 aromatic heterocycles. The van der Waals surface area contributed by atoms with Gasteiger partial charge in [0.15, 0.2) is 0 Å². The highest BCUT2D eigenvalue weighted by Crippen LogP contribution is 2.48. The van der Waals surface area contributed by atoms with Crippen molar-refractivity contribution in [2.24, 2.45) is 5.92 Å². The molecule has 128 valence electrons. The molecular formula is C20H20N2O3. The van der Waals surface area contributed by atoms with Crippen LogP contribution in [0.25, 0.3) is 0 Å². The molecule has 0 radical (unpaired) electrons. The normalized spacial score (nSPS) is 18.9. The van der Waals surface area contributed by atoms with Crippen molar-refractivity contribution < 1.29 is 14.3 Å². The lowest BCUT2D eigenvalue weighted by atomic mass is 9.86. The number of carbonyl (C=O) groups excluding carboxylic acids is 2. The lowest BCUT2D eigenvalue weighted by molar-refractivity contribution is -0.117. The number of hydrogen-bond donors (Lipinski definition) is 2. The van der Waals surface area contributed by atoms with Gasteiger partial charge in [-0.25, -0.2) is 0 Å². The van der Waals surface area contributed by atoms with Crippen molar-refractivity contribution in [3.63, 3.8) is 0 Å². The van der Waals surface area contributed by atoms with Crippen molar-refractivity contribution in [2.45, 2.75) is 25.2 Å². The van der Waals surface area contributed by atoms with E-state index in [2.05, 4.69) is 10.6 Å². The number of carbonyl (C=O) groups is 2. The Morgan fingerprint density at radius 3 is 2.76 bits per heavy atom. The average molecular weight is 336 g/mol. The summed E-state index contributed by atoms with van der Waals surface area (Å²) in [6.45, 7) is 0. The van der Waals surface area contributed by atoms with Gasteiger partial charge < -0.3 is 15.4 Å². The number of hydrogen-bond acceptors (Lipinski definition) is 3. The van der Waals surface area contributed by atoms with Crippen LogP contribution in [0.5, 0.6) is 5.75 Å². The van der Waals surface area contributed by atoms with Gasteiger partial charge in [0.05, 0.1) is 12.7 Å². The Labute approximate surface area is 146 Å². The predicted octanol–water partition coefficient (Wildman–Crippen LogP) is 3.78. The Morgan fingerprint density at radius 1 is 1.20 bits per heavy atom. The van der Waals surface area contributed by atoms with E-state index in [0.29, 0.717) is 35.3 Å². The van der Waals surface area contributed by atoms with Gasteiger partial charge in [-0.05, 0) is 54.5 Å². The van der Waals surface area contributed by atoms with Gasteiger partial charge in [-0.15, -0.1) is 0 Å². The molecule has 1 heterocycles. The summed E-state index contributed by atoms with van der Waals surface area (Å²) in [5.74, 6) is 1.28. The van der Waals surface area contributed by atoms with Crippen LogP contribution in [0.3, 0.4) is 0 Å². The van der Waals surface area contributed by atoms with Crippen LogP contribution in [0.4, 0.5) is 11.4 Å². The van der Waals surface area contributed by atoms with Crippen LogP contribution in [-0.4, -0.2) is 18.9 Å². The number of para-hydroxylation sites is 1. The van der Waals surface area contributed by atoms with E-state index in [1.807, 2.05) is 24.3 Å². The fraction of sp³-hybridized carbons (Fsp3) is 0.300. The van der Waals surface area contributed by atoms with Crippen molar-refractivity contribution >= 4 is 23.2 Å². The fourth-order valence-corrected chi connectivity index (χ4v) is 3.53. The fourth-order valence-electron chi connectivity index (χ4n) is 3.53. The molecule has 25 heavy (non-hydrogen) atoms. The van der Waals surface area contributed by atoms with E-state index in [1.54, 1.807) is 25.3 Å². The highest BCUT2D eigenvalue weighted by molar-refractivity contribution is 6.06. The van der Waals surface area contributed by atoms with Gasteiger partial charge in [-0.2, -0.15) is 0 Å². The second-order valence-corrected chi connectivity index (χ2v) is 6.65. The average Bonchev–Trinajstić information content (AvgIpc) is 3.45. The van der Waals surface area contributed by atoms with Crippen molar-refractivity contribution in [3.8, 4) is 5.75 Å². The Bertz CT molecular complexity index is 843. The van der Waals surface area contributed by atoms with Gasteiger partial charge in [0.25, 0.3) is 5.91 Å². The van der Waals surface area contributed by atoms with E-state index in [-0.39, 0.29) is 11.8 Å². The zero-order valence-corrected chi connectivity index (χ0v) is 14.0. The molecule has 5 nitrogen and oxygen atoms in total. The van der Waals surface area contributed by atoms with Gasteiger partial charge in [-0.3, -0.25) is 9.59 Å². The van der Waals surface area contributed by atoms with Crippen molar-refractivity contribution in [1.29, 1.82) is 0 Å². The van der Waals surface area contributed by atoms with Crippen LogP contribution in [0.2, 0.25) is 0 Å². The summed E-state index contributed by atoms with van der Waals surface area (Å²) in [5.41, 5.74) is 3.12. The molecule has 0 saturated heterocycles. The summed E-state index contributed by atoms with van der Waals surface area (Å²) in [4.78, 5) is 24.5. The third kappa shape index (κ3) is 3.09. The van der Waals surface area contributed by atoms with Gasteiger partial charge in [0.2, 0.25) is 5.91 Å². The number of anilines is 2. The third-order valence-electron chi connectivity index (χ3n) is 4.93. The lowest BCUT2D eigenvalue weighted by Crippen LogP contribution is -2.24. The maximum absolute atomic E-state index is 12.5. The molecule has 2 aromatic rings. The number of ether oxygens (including phenoxy) is 1. The maximum atomic E-state index is 12.5. The molecule has 1 unspecified atom stereocenters. The molecule has 2 aliphatic rings. The zero-order chi connectivity index (χ0) is 17.4. The van der Waals surface area contributed by atoms with E-state index >= 15 is 0 Å². The Morgan fingerprint density at radius 2 is 2.00 bits per heavy atom. The molecule has 1 aliphatic heterocycles. The molecule has 0 spiro atoms. The second-order valence-electron chi connectivity index (χ2n) is 6.65. The highest BCUT2D eigenvalue weighted by atomic mass is 16.5. The van der Waals surface area contributed by atoms with Crippen LogP contribution in [0.15, 0.2) is 42.5 Å². The van der Waals surface area contributed by atoms with E-state index in [0.717, 1.165) is 5.69 Å². The van der Waals surface area contributed by atoms with E-state index in [9.17, 15) is 9.59 Å². The minimum atomic E-state index is -0.238. The molecule has 0 bridgehead atoms. The highest BCUT2D eigenvalue weighted by Gasteiger charge is 2.37. The van der Waals surface area contributed by atoms with Gasteiger partial charge >= 0.3 is 0 Å². The summed E-state index contributed by atoms with van der Waals surface area (Å²) in [5, 5.41) is 5.82. The molecule has 5 heteroatoms. The van der Waals surface area contributed by atoms with Crippen LogP contribution in [-0.2, 0) is 4.79 Å². The summed E-state index contributed by atoms with van der Waals surface area (Å²) >= 11 is 0. The Balaban J connectivity index is 1.59. The van der Waals surface area contributed by atoms with E-state index in [4.69, 9.17) is 4.74 Å². The quantitative estimate of drug-likeness (QED) is 0.893. The lowest BCUT2D eigenvalue weighted by Gasteiger charge is -2.26. The third-order valence-corrected chi connectivity index (χ3v) is 4.93. The molecule has 2 aromatic carbocycles. The number of amides is 2. The number of nitrogens with one attached hydrogen (secondary N) is 2. The summed E-state index contributed by atoms with van der Waals surface area (Å²) < 4.78 is 5.24. The molecule has 1 fully saturated rings. The first-order chi connectivity index (χ1) is 12.2. The zero-order valence-electron chi connectivity index (χ0n) is 14.0. The summed E-state index contributed by atoms with van der Waals surface area (Å²) in [6.07, 6.45) is 2.96.